The van der Waals surface area contributed by atoms with Crippen molar-refractivity contribution in [1.29, 1.82) is 0 Å². The second-order valence-electron chi connectivity index (χ2n) is 6.83. The molecule has 0 heterocycles. The number of benzene rings is 1. The first-order chi connectivity index (χ1) is 13.5. The SMILES string of the molecule is CCOC(=O)CCCCCC(CC(=O)OCC)N(C)Cc1ccc(OC)cc1. The smallest absolute Gasteiger partial charge is 0.307 e. The fourth-order valence-electron chi connectivity index (χ4n) is 3.10. The number of hydrogen-bond acceptors (Lipinski definition) is 6. The minimum atomic E-state index is -0.166. The summed E-state index contributed by atoms with van der Waals surface area (Å²) < 4.78 is 15.3. The van der Waals surface area contributed by atoms with Gasteiger partial charge in [0.2, 0.25) is 0 Å². The van der Waals surface area contributed by atoms with E-state index in [0.717, 1.165) is 38.0 Å². The molecule has 1 aromatic carbocycles. The molecule has 0 bridgehead atoms. The van der Waals surface area contributed by atoms with Crippen molar-refractivity contribution in [2.45, 2.75) is 65.0 Å². The van der Waals surface area contributed by atoms with Crippen LogP contribution in [0.2, 0.25) is 0 Å². The third-order valence-corrected chi connectivity index (χ3v) is 4.65. The van der Waals surface area contributed by atoms with Gasteiger partial charge in [-0.1, -0.05) is 25.0 Å². The van der Waals surface area contributed by atoms with E-state index < -0.39 is 0 Å². The fourth-order valence-corrected chi connectivity index (χ4v) is 3.10. The largest absolute Gasteiger partial charge is 0.497 e. The lowest BCUT2D eigenvalue weighted by molar-refractivity contribution is -0.145. The van der Waals surface area contributed by atoms with Gasteiger partial charge in [0, 0.05) is 19.0 Å². The molecule has 0 saturated heterocycles. The molecule has 0 aliphatic heterocycles. The maximum Gasteiger partial charge on any atom is 0.307 e. The number of hydrogen-bond donors (Lipinski definition) is 0. The molecule has 1 atom stereocenters. The van der Waals surface area contributed by atoms with Crippen LogP contribution in [0, 0.1) is 0 Å². The Labute approximate surface area is 169 Å². The highest BCUT2D eigenvalue weighted by Gasteiger charge is 2.19. The average molecular weight is 394 g/mol. The zero-order valence-corrected chi connectivity index (χ0v) is 17.7. The van der Waals surface area contributed by atoms with Crippen LogP contribution in [-0.4, -0.2) is 50.3 Å². The highest BCUT2D eigenvalue weighted by Crippen LogP contribution is 2.18. The van der Waals surface area contributed by atoms with E-state index in [2.05, 4.69) is 4.90 Å². The number of carbonyl (C=O) groups excluding carboxylic acids is 2. The molecule has 0 aliphatic carbocycles. The first-order valence-corrected chi connectivity index (χ1v) is 10.1. The molecule has 0 aromatic heterocycles. The summed E-state index contributed by atoms with van der Waals surface area (Å²) in [6.07, 6.45) is 4.42. The molecule has 0 radical (unpaired) electrons. The molecule has 0 spiro atoms. The first kappa shape index (κ1) is 24.0. The number of rotatable bonds is 14. The minimum absolute atomic E-state index is 0.101. The van der Waals surface area contributed by atoms with Crippen LogP contribution in [-0.2, 0) is 25.6 Å². The van der Waals surface area contributed by atoms with Gasteiger partial charge in [-0.2, -0.15) is 0 Å². The van der Waals surface area contributed by atoms with Gasteiger partial charge in [0.1, 0.15) is 5.75 Å². The normalized spacial score (nSPS) is 11.9. The standard InChI is InChI=1S/C22H35NO5/c1-5-27-21(24)11-9-7-8-10-19(16-22(25)28-6-2)23(3)17-18-12-14-20(26-4)15-13-18/h12-15,19H,5-11,16-17H2,1-4H3. The molecule has 0 saturated carbocycles. The molecule has 158 valence electrons. The molecular weight excluding hydrogens is 358 g/mol. The summed E-state index contributed by atoms with van der Waals surface area (Å²) in [6.45, 7) is 5.21. The Balaban J connectivity index is 2.54. The van der Waals surface area contributed by atoms with Crippen molar-refractivity contribution < 1.29 is 23.8 Å². The van der Waals surface area contributed by atoms with Gasteiger partial charge >= 0.3 is 11.9 Å². The topological polar surface area (TPSA) is 65.1 Å². The lowest BCUT2D eigenvalue weighted by atomic mass is 10.0. The van der Waals surface area contributed by atoms with Gasteiger partial charge in [-0.05, 0) is 51.4 Å². The lowest BCUT2D eigenvalue weighted by Crippen LogP contribution is -2.33. The number of ether oxygens (including phenoxy) is 3. The van der Waals surface area contributed by atoms with E-state index in [1.54, 1.807) is 7.11 Å². The van der Waals surface area contributed by atoms with E-state index in [-0.39, 0.29) is 18.0 Å². The highest BCUT2D eigenvalue weighted by molar-refractivity contribution is 5.70. The quantitative estimate of drug-likeness (QED) is 0.352. The monoisotopic (exact) mass is 393 g/mol. The van der Waals surface area contributed by atoms with Gasteiger partial charge in [0.15, 0.2) is 0 Å². The second kappa shape index (κ2) is 14.0. The molecule has 0 N–H and O–H groups in total. The molecular formula is C22H35NO5. The molecule has 0 aliphatic rings. The molecule has 6 heteroatoms. The van der Waals surface area contributed by atoms with E-state index >= 15 is 0 Å². The molecule has 0 fully saturated rings. The first-order valence-electron chi connectivity index (χ1n) is 10.1. The van der Waals surface area contributed by atoms with Crippen LogP contribution >= 0.6 is 0 Å². The van der Waals surface area contributed by atoms with Gasteiger partial charge in [-0.15, -0.1) is 0 Å². The number of methoxy groups -OCH3 is 1. The van der Waals surface area contributed by atoms with Crippen LogP contribution in [0.1, 0.15) is 57.9 Å². The van der Waals surface area contributed by atoms with Crippen molar-refractivity contribution in [3.05, 3.63) is 29.8 Å². The molecule has 1 unspecified atom stereocenters. The third-order valence-electron chi connectivity index (χ3n) is 4.65. The van der Waals surface area contributed by atoms with Gasteiger partial charge in [0.25, 0.3) is 0 Å². The van der Waals surface area contributed by atoms with Crippen LogP contribution in [0.5, 0.6) is 5.75 Å². The second-order valence-corrected chi connectivity index (χ2v) is 6.83. The van der Waals surface area contributed by atoms with Crippen molar-refractivity contribution in [2.24, 2.45) is 0 Å². The van der Waals surface area contributed by atoms with E-state index in [1.165, 1.54) is 5.56 Å². The maximum absolute atomic E-state index is 12.0. The van der Waals surface area contributed by atoms with E-state index in [9.17, 15) is 9.59 Å². The van der Waals surface area contributed by atoms with E-state index in [1.807, 2.05) is 45.2 Å². The van der Waals surface area contributed by atoms with Crippen LogP contribution in [0.3, 0.4) is 0 Å². The summed E-state index contributed by atoms with van der Waals surface area (Å²) in [5, 5.41) is 0. The van der Waals surface area contributed by atoms with Crippen molar-refractivity contribution in [1.82, 2.24) is 4.90 Å². The Kier molecular flexibility index (Phi) is 12.0. The summed E-state index contributed by atoms with van der Waals surface area (Å²) in [4.78, 5) is 25.6. The van der Waals surface area contributed by atoms with Crippen LogP contribution in [0.25, 0.3) is 0 Å². The van der Waals surface area contributed by atoms with Crippen molar-refractivity contribution in [2.75, 3.05) is 27.4 Å². The number of carbonyl (C=O) groups is 2. The Morgan fingerprint density at radius 1 is 0.964 bits per heavy atom. The number of unbranched alkanes of at least 4 members (excludes halogenated alkanes) is 2. The molecule has 1 aromatic rings. The Bertz CT molecular complexity index is 573. The molecule has 1 rings (SSSR count). The summed E-state index contributed by atoms with van der Waals surface area (Å²) >= 11 is 0. The van der Waals surface area contributed by atoms with Crippen LogP contribution in [0.4, 0.5) is 0 Å². The van der Waals surface area contributed by atoms with Gasteiger partial charge < -0.3 is 14.2 Å². The summed E-state index contributed by atoms with van der Waals surface area (Å²) in [5.74, 6) is 0.527. The predicted octanol–water partition coefficient (Wildman–Crippen LogP) is 3.96. The van der Waals surface area contributed by atoms with Gasteiger partial charge in [0.05, 0.1) is 26.7 Å². The molecule has 0 amide bonds. The third kappa shape index (κ3) is 9.74. The fraction of sp³-hybridized carbons (Fsp3) is 0.636. The summed E-state index contributed by atoms with van der Waals surface area (Å²) in [7, 11) is 3.69. The summed E-state index contributed by atoms with van der Waals surface area (Å²) in [6, 6.07) is 8.06. The minimum Gasteiger partial charge on any atom is -0.497 e. The van der Waals surface area contributed by atoms with E-state index in [4.69, 9.17) is 14.2 Å². The molecule has 6 nitrogen and oxygen atoms in total. The zero-order valence-electron chi connectivity index (χ0n) is 17.7. The van der Waals surface area contributed by atoms with Crippen molar-refractivity contribution in [3.8, 4) is 5.75 Å². The number of nitrogens with zero attached hydrogens (tertiary/aromatic N) is 1. The Morgan fingerprint density at radius 3 is 2.21 bits per heavy atom. The Hall–Kier alpha value is -2.08. The maximum atomic E-state index is 12.0. The summed E-state index contributed by atoms with van der Waals surface area (Å²) in [5.41, 5.74) is 1.17. The van der Waals surface area contributed by atoms with Crippen LogP contribution in [0.15, 0.2) is 24.3 Å². The average Bonchev–Trinajstić information content (AvgIpc) is 2.67. The highest BCUT2D eigenvalue weighted by atomic mass is 16.5. The van der Waals surface area contributed by atoms with Gasteiger partial charge in [-0.25, -0.2) is 0 Å². The van der Waals surface area contributed by atoms with Crippen LogP contribution < -0.4 is 4.74 Å². The lowest BCUT2D eigenvalue weighted by Gasteiger charge is -2.27. The number of esters is 2. The Morgan fingerprint density at radius 2 is 1.61 bits per heavy atom. The van der Waals surface area contributed by atoms with Gasteiger partial charge in [-0.3, -0.25) is 14.5 Å². The molecule has 28 heavy (non-hydrogen) atoms. The van der Waals surface area contributed by atoms with E-state index in [0.29, 0.717) is 26.1 Å². The zero-order chi connectivity index (χ0) is 20.8. The predicted molar refractivity (Wildman–Crippen MR) is 109 cm³/mol. The van der Waals surface area contributed by atoms with Crippen molar-refractivity contribution >= 4 is 11.9 Å². The van der Waals surface area contributed by atoms with Crippen molar-refractivity contribution in [3.63, 3.8) is 0 Å².